The summed E-state index contributed by atoms with van der Waals surface area (Å²) in [6.45, 7) is 0. The largest absolute Gasteiger partial charge is 0.228 e. The van der Waals surface area contributed by atoms with Crippen LogP contribution in [0, 0.1) is 5.95 Å². The molecule has 3 heteroatoms. The number of aromatic nitrogens is 1. The van der Waals surface area contributed by atoms with Gasteiger partial charge >= 0.3 is 0 Å². The van der Waals surface area contributed by atoms with Crippen LogP contribution in [0.1, 0.15) is 5.56 Å². The van der Waals surface area contributed by atoms with E-state index in [1.165, 1.54) is 12.3 Å². The highest BCUT2D eigenvalue weighted by Crippen LogP contribution is 2.02. The van der Waals surface area contributed by atoms with Crippen LogP contribution in [0.25, 0.3) is 0 Å². The minimum absolute atomic E-state index is 0.333. The monoisotopic (exact) mass is 145 g/mol. The van der Waals surface area contributed by atoms with E-state index in [-0.39, 0.29) is 0 Å². The molecule has 0 atom stereocenters. The maximum atomic E-state index is 12.2. The summed E-state index contributed by atoms with van der Waals surface area (Å²) in [6.07, 6.45) is 1.40. The van der Waals surface area contributed by atoms with Crippen molar-refractivity contribution in [3.05, 3.63) is 29.8 Å². The van der Waals surface area contributed by atoms with Gasteiger partial charge in [-0.15, -0.1) is 11.6 Å². The number of hydrogen-bond donors (Lipinski definition) is 0. The van der Waals surface area contributed by atoms with Crippen LogP contribution in [0.3, 0.4) is 0 Å². The predicted octanol–water partition coefficient (Wildman–Crippen LogP) is 1.96. The van der Waals surface area contributed by atoms with Gasteiger partial charge in [0.2, 0.25) is 5.95 Å². The lowest BCUT2D eigenvalue weighted by Crippen LogP contribution is -1.83. The molecule has 0 bridgehead atoms. The number of hydrogen-bond acceptors (Lipinski definition) is 1. The molecule has 0 fully saturated rings. The highest BCUT2D eigenvalue weighted by Gasteiger charge is 1.91. The van der Waals surface area contributed by atoms with Crippen LogP contribution in [0.15, 0.2) is 18.3 Å². The number of halogens is 2. The van der Waals surface area contributed by atoms with Crippen molar-refractivity contribution in [2.24, 2.45) is 0 Å². The average molecular weight is 146 g/mol. The molecule has 1 aromatic rings. The van der Waals surface area contributed by atoms with Gasteiger partial charge in [0.1, 0.15) is 0 Å². The summed E-state index contributed by atoms with van der Waals surface area (Å²) in [5.41, 5.74) is 0.754. The molecule has 0 radical (unpaired) electrons. The first-order valence-corrected chi connectivity index (χ1v) is 3.03. The Bertz CT molecular complexity index is 202. The third kappa shape index (κ3) is 1.64. The number of alkyl halides is 1. The number of rotatable bonds is 1. The van der Waals surface area contributed by atoms with Crippen molar-refractivity contribution in [3.8, 4) is 0 Å². The molecular weight excluding hydrogens is 141 g/mol. The fraction of sp³-hybridized carbons (Fsp3) is 0.167. The van der Waals surface area contributed by atoms with Gasteiger partial charge in [-0.25, -0.2) is 4.98 Å². The smallest absolute Gasteiger partial charge is 0.213 e. The highest BCUT2D eigenvalue weighted by molar-refractivity contribution is 6.17. The number of nitrogens with zero attached hydrogens (tertiary/aromatic N) is 1. The standard InChI is InChI=1S/C6H5ClFN/c7-4-5-1-2-9-6(8)3-5/h1-3H,4H2. The highest BCUT2D eigenvalue weighted by atomic mass is 35.5. The first-order valence-electron chi connectivity index (χ1n) is 2.49. The molecule has 0 amide bonds. The summed E-state index contributed by atoms with van der Waals surface area (Å²) in [5.74, 6) is -0.146. The molecule has 0 unspecified atom stereocenters. The van der Waals surface area contributed by atoms with Gasteiger partial charge in [-0.1, -0.05) is 0 Å². The second-order valence-corrected chi connectivity index (χ2v) is 1.89. The van der Waals surface area contributed by atoms with Crippen molar-refractivity contribution in [1.29, 1.82) is 0 Å². The first kappa shape index (κ1) is 6.49. The molecular formula is C6H5ClFN. The molecule has 1 nitrogen and oxygen atoms in total. The van der Waals surface area contributed by atoms with Gasteiger partial charge in [0.25, 0.3) is 0 Å². The molecule has 0 aromatic carbocycles. The summed E-state index contributed by atoms with van der Waals surface area (Å²) in [7, 11) is 0. The lowest BCUT2D eigenvalue weighted by molar-refractivity contribution is 0.582. The summed E-state index contributed by atoms with van der Waals surface area (Å²) in [5, 5.41) is 0. The third-order valence-corrected chi connectivity index (χ3v) is 1.25. The first-order chi connectivity index (χ1) is 4.33. The zero-order chi connectivity index (χ0) is 6.69. The molecule has 0 N–H and O–H groups in total. The molecule has 0 aliphatic carbocycles. The van der Waals surface area contributed by atoms with Crippen molar-refractivity contribution in [1.82, 2.24) is 4.98 Å². The predicted molar refractivity (Wildman–Crippen MR) is 33.8 cm³/mol. The topological polar surface area (TPSA) is 12.9 Å². The Hall–Kier alpha value is -0.630. The Labute approximate surface area is 57.5 Å². The van der Waals surface area contributed by atoms with Crippen LogP contribution in [0.5, 0.6) is 0 Å². The van der Waals surface area contributed by atoms with E-state index in [4.69, 9.17) is 11.6 Å². The maximum absolute atomic E-state index is 12.2. The van der Waals surface area contributed by atoms with E-state index in [1.54, 1.807) is 6.07 Å². The van der Waals surface area contributed by atoms with Gasteiger partial charge in [-0.2, -0.15) is 4.39 Å². The molecule has 1 heterocycles. The van der Waals surface area contributed by atoms with E-state index in [2.05, 4.69) is 4.98 Å². The van der Waals surface area contributed by atoms with E-state index < -0.39 is 5.95 Å². The number of pyridine rings is 1. The van der Waals surface area contributed by atoms with Crippen LogP contribution >= 0.6 is 11.6 Å². The van der Waals surface area contributed by atoms with Crippen molar-refractivity contribution in [2.75, 3.05) is 0 Å². The molecule has 0 saturated heterocycles. The molecule has 0 aliphatic rings. The van der Waals surface area contributed by atoms with Crippen LogP contribution in [0.2, 0.25) is 0 Å². The van der Waals surface area contributed by atoms with Crippen molar-refractivity contribution >= 4 is 11.6 Å². The fourth-order valence-electron chi connectivity index (χ4n) is 0.526. The van der Waals surface area contributed by atoms with Gasteiger partial charge in [0.05, 0.1) is 0 Å². The lowest BCUT2D eigenvalue weighted by atomic mass is 10.3. The Kier molecular flexibility index (Phi) is 2.01. The second kappa shape index (κ2) is 2.78. The second-order valence-electron chi connectivity index (χ2n) is 1.62. The van der Waals surface area contributed by atoms with Gasteiger partial charge in [0, 0.05) is 12.1 Å². The normalized spacial score (nSPS) is 9.56. The Morgan fingerprint density at radius 2 is 2.44 bits per heavy atom. The Morgan fingerprint density at radius 1 is 1.67 bits per heavy atom. The average Bonchev–Trinajstić information content (AvgIpc) is 1.88. The van der Waals surface area contributed by atoms with Crippen LogP contribution < -0.4 is 0 Å². The minimum atomic E-state index is -0.479. The van der Waals surface area contributed by atoms with Crippen molar-refractivity contribution in [2.45, 2.75) is 5.88 Å². The van der Waals surface area contributed by atoms with Gasteiger partial charge < -0.3 is 0 Å². The molecule has 9 heavy (non-hydrogen) atoms. The molecule has 0 spiro atoms. The summed E-state index contributed by atoms with van der Waals surface area (Å²) in [6, 6.07) is 2.99. The Balaban J connectivity index is 2.94. The van der Waals surface area contributed by atoms with Gasteiger partial charge in [0.15, 0.2) is 0 Å². The molecule has 0 saturated carbocycles. The van der Waals surface area contributed by atoms with E-state index in [9.17, 15) is 4.39 Å². The SMILES string of the molecule is Fc1cc(CCl)ccn1. The zero-order valence-corrected chi connectivity index (χ0v) is 5.40. The van der Waals surface area contributed by atoms with Gasteiger partial charge in [-0.3, -0.25) is 0 Å². The Morgan fingerprint density at radius 3 is 2.89 bits per heavy atom. The minimum Gasteiger partial charge on any atom is -0.228 e. The van der Waals surface area contributed by atoms with Crippen molar-refractivity contribution in [3.63, 3.8) is 0 Å². The van der Waals surface area contributed by atoms with Crippen LogP contribution in [0.4, 0.5) is 4.39 Å². The molecule has 48 valence electrons. The lowest BCUT2D eigenvalue weighted by Gasteiger charge is -1.90. The van der Waals surface area contributed by atoms with E-state index in [0.29, 0.717) is 5.88 Å². The maximum Gasteiger partial charge on any atom is 0.213 e. The van der Waals surface area contributed by atoms with Crippen LogP contribution in [-0.2, 0) is 5.88 Å². The quantitative estimate of drug-likeness (QED) is 0.435. The molecule has 1 aromatic heterocycles. The van der Waals surface area contributed by atoms with E-state index in [1.807, 2.05) is 0 Å². The summed E-state index contributed by atoms with van der Waals surface area (Å²) in [4.78, 5) is 3.36. The molecule has 1 rings (SSSR count). The van der Waals surface area contributed by atoms with Crippen LogP contribution in [-0.4, -0.2) is 4.98 Å². The third-order valence-electron chi connectivity index (χ3n) is 0.945. The summed E-state index contributed by atoms with van der Waals surface area (Å²) < 4.78 is 12.2. The van der Waals surface area contributed by atoms with E-state index >= 15 is 0 Å². The van der Waals surface area contributed by atoms with Crippen molar-refractivity contribution < 1.29 is 4.39 Å². The molecule has 0 aliphatic heterocycles. The zero-order valence-electron chi connectivity index (χ0n) is 4.64. The van der Waals surface area contributed by atoms with Gasteiger partial charge in [-0.05, 0) is 17.7 Å². The van der Waals surface area contributed by atoms with E-state index in [0.717, 1.165) is 5.56 Å². The summed E-state index contributed by atoms with van der Waals surface area (Å²) >= 11 is 5.40. The fourth-order valence-corrected chi connectivity index (χ4v) is 0.692.